The van der Waals surface area contributed by atoms with Crippen molar-refractivity contribution in [2.75, 3.05) is 17.2 Å². The molecular weight excluding hydrogens is 474 g/mol. The number of benzene rings is 2. The van der Waals surface area contributed by atoms with E-state index in [9.17, 15) is 4.79 Å². The summed E-state index contributed by atoms with van der Waals surface area (Å²) in [6.07, 6.45) is 4.23. The second-order valence-corrected chi connectivity index (χ2v) is 8.52. The number of hydrogen-bond acceptors (Lipinski definition) is 5. The van der Waals surface area contributed by atoms with Crippen LogP contribution in [0.5, 0.6) is 0 Å². The van der Waals surface area contributed by atoms with Gasteiger partial charge in [-0.3, -0.25) is 4.79 Å². The molecule has 0 saturated heterocycles. The average Bonchev–Trinajstić information content (AvgIpc) is 3.44. The van der Waals surface area contributed by atoms with Crippen molar-refractivity contribution < 1.29 is 4.79 Å². The summed E-state index contributed by atoms with van der Waals surface area (Å²) < 4.78 is 1.88. The van der Waals surface area contributed by atoms with E-state index in [1.54, 1.807) is 12.1 Å². The van der Waals surface area contributed by atoms with E-state index in [4.69, 9.17) is 18.2 Å². The molecule has 2 aromatic heterocycles. The Labute approximate surface area is 215 Å². The van der Waals surface area contributed by atoms with Crippen LogP contribution in [0.1, 0.15) is 18.1 Å². The molecule has 0 bridgehead atoms. The fourth-order valence-electron chi connectivity index (χ4n) is 3.61. The first-order valence-corrected chi connectivity index (χ1v) is 11.9. The standard InChI is InChI=1S/C27H26ClN7O/c1-3-30-27-33-24(17-25(34-27)35-14-4-5-15-35)32-23(16-19-6-10-21(28)11-7-19)26(36)31-18-20-8-12-22(29-2)13-9-20/h4-15,17,23H,3,16,18H2,1H3,(H,31,36)(H2,30,32,33,34)/t23-/m1/s1. The number of nitrogens with one attached hydrogen (secondary N) is 3. The molecule has 36 heavy (non-hydrogen) atoms. The van der Waals surface area contributed by atoms with Gasteiger partial charge in [-0.25, -0.2) is 4.85 Å². The van der Waals surface area contributed by atoms with Crippen molar-refractivity contribution >= 4 is 35.0 Å². The highest BCUT2D eigenvalue weighted by molar-refractivity contribution is 6.30. The minimum absolute atomic E-state index is 0.176. The molecule has 3 N–H and O–H groups in total. The molecule has 9 heteroatoms. The van der Waals surface area contributed by atoms with Gasteiger partial charge in [0.05, 0.1) is 6.57 Å². The van der Waals surface area contributed by atoms with Gasteiger partial charge in [-0.15, -0.1) is 0 Å². The number of carbonyl (C=O) groups excluding carboxylic acids is 1. The molecule has 0 aliphatic rings. The highest BCUT2D eigenvalue weighted by Gasteiger charge is 2.20. The van der Waals surface area contributed by atoms with Gasteiger partial charge >= 0.3 is 0 Å². The fraction of sp³-hybridized carbons (Fsp3) is 0.185. The topological polar surface area (TPSA) is 88.2 Å². The van der Waals surface area contributed by atoms with Crippen LogP contribution >= 0.6 is 11.6 Å². The van der Waals surface area contributed by atoms with Gasteiger partial charge in [-0.2, -0.15) is 9.97 Å². The summed E-state index contributed by atoms with van der Waals surface area (Å²) in [6, 6.07) is 19.6. The number of amides is 1. The average molecular weight is 500 g/mol. The Bertz CT molecular complexity index is 1330. The zero-order valence-electron chi connectivity index (χ0n) is 19.8. The smallest absolute Gasteiger partial charge is 0.243 e. The molecule has 0 spiro atoms. The molecule has 1 atom stereocenters. The first kappa shape index (κ1) is 24.8. The normalized spacial score (nSPS) is 11.4. The Balaban J connectivity index is 1.57. The maximum Gasteiger partial charge on any atom is 0.243 e. The number of hydrogen-bond donors (Lipinski definition) is 3. The van der Waals surface area contributed by atoms with Crippen LogP contribution in [0.2, 0.25) is 5.02 Å². The van der Waals surface area contributed by atoms with Crippen LogP contribution in [0.4, 0.5) is 17.5 Å². The molecule has 0 aliphatic carbocycles. The summed E-state index contributed by atoms with van der Waals surface area (Å²) in [6.45, 7) is 10.1. The minimum atomic E-state index is -0.601. The van der Waals surface area contributed by atoms with E-state index < -0.39 is 6.04 Å². The second kappa shape index (κ2) is 11.9. The Morgan fingerprint density at radius 2 is 1.75 bits per heavy atom. The third kappa shape index (κ3) is 6.62. The van der Waals surface area contributed by atoms with Gasteiger partial charge < -0.3 is 20.5 Å². The second-order valence-electron chi connectivity index (χ2n) is 8.08. The van der Waals surface area contributed by atoms with Crippen LogP contribution in [0.3, 0.4) is 0 Å². The summed E-state index contributed by atoms with van der Waals surface area (Å²) >= 11 is 6.05. The van der Waals surface area contributed by atoms with E-state index >= 15 is 0 Å². The first-order valence-electron chi connectivity index (χ1n) is 11.6. The predicted molar refractivity (Wildman–Crippen MR) is 143 cm³/mol. The lowest BCUT2D eigenvalue weighted by atomic mass is 10.0. The summed E-state index contributed by atoms with van der Waals surface area (Å²) in [7, 11) is 0. The summed E-state index contributed by atoms with van der Waals surface area (Å²) in [4.78, 5) is 25.9. The zero-order valence-corrected chi connectivity index (χ0v) is 20.5. The number of rotatable bonds is 10. The zero-order chi connectivity index (χ0) is 25.3. The Morgan fingerprint density at radius 1 is 1.06 bits per heavy atom. The lowest BCUT2D eigenvalue weighted by Gasteiger charge is -2.20. The van der Waals surface area contributed by atoms with Crippen molar-refractivity contribution in [1.82, 2.24) is 19.9 Å². The molecule has 2 heterocycles. The Kier molecular flexibility index (Phi) is 8.16. The van der Waals surface area contributed by atoms with Crippen LogP contribution in [0, 0.1) is 6.57 Å². The molecule has 4 rings (SSSR count). The largest absolute Gasteiger partial charge is 0.358 e. The maximum absolute atomic E-state index is 13.3. The van der Waals surface area contributed by atoms with E-state index in [0.29, 0.717) is 47.8 Å². The van der Waals surface area contributed by atoms with Crippen molar-refractivity contribution in [3.63, 3.8) is 0 Å². The third-order valence-electron chi connectivity index (χ3n) is 5.44. The molecule has 8 nitrogen and oxygen atoms in total. The van der Waals surface area contributed by atoms with Gasteiger partial charge in [-0.05, 0) is 42.3 Å². The number of anilines is 2. The van der Waals surface area contributed by atoms with E-state index in [-0.39, 0.29) is 5.91 Å². The van der Waals surface area contributed by atoms with Gasteiger partial charge in [0.25, 0.3) is 0 Å². The van der Waals surface area contributed by atoms with Crippen molar-refractivity contribution in [3.8, 4) is 5.82 Å². The van der Waals surface area contributed by atoms with Crippen molar-refractivity contribution in [2.45, 2.75) is 25.9 Å². The molecule has 0 saturated carbocycles. The number of nitrogens with zero attached hydrogens (tertiary/aromatic N) is 4. The number of carbonyl (C=O) groups is 1. The monoisotopic (exact) mass is 499 g/mol. The predicted octanol–water partition coefficient (Wildman–Crippen LogP) is 5.24. The maximum atomic E-state index is 13.3. The van der Waals surface area contributed by atoms with Crippen LogP contribution in [0.25, 0.3) is 10.7 Å². The summed E-state index contributed by atoms with van der Waals surface area (Å²) in [5.74, 6) is 1.50. The molecule has 0 fully saturated rings. The van der Waals surface area contributed by atoms with Crippen LogP contribution in [0.15, 0.2) is 79.1 Å². The van der Waals surface area contributed by atoms with Gasteiger partial charge in [0.15, 0.2) is 5.69 Å². The van der Waals surface area contributed by atoms with Gasteiger partial charge in [0, 0.05) is 43.0 Å². The quantitative estimate of drug-likeness (QED) is 0.260. The minimum Gasteiger partial charge on any atom is -0.358 e. The van der Waals surface area contributed by atoms with Gasteiger partial charge in [0.2, 0.25) is 11.9 Å². The van der Waals surface area contributed by atoms with Crippen molar-refractivity contribution in [2.24, 2.45) is 0 Å². The number of halogens is 1. The Morgan fingerprint density at radius 3 is 2.42 bits per heavy atom. The number of aromatic nitrogens is 3. The Hall–Kier alpha value is -4.35. The molecule has 2 aromatic carbocycles. The lowest BCUT2D eigenvalue weighted by molar-refractivity contribution is -0.122. The molecule has 182 valence electrons. The highest BCUT2D eigenvalue weighted by Crippen LogP contribution is 2.18. The van der Waals surface area contributed by atoms with Crippen molar-refractivity contribution in [3.05, 3.63) is 107 Å². The third-order valence-corrected chi connectivity index (χ3v) is 5.69. The van der Waals surface area contributed by atoms with E-state index in [1.165, 1.54) is 0 Å². The lowest BCUT2D eigenvalue weighted by Crippen LogP contribution is -2.41. The fourth-order valence-corrected chi connectivity index (χ4v) is 3.74. The van der Waals surface area contributed by atoms with E-state index in [2.05, 4.69) is 30.8 Å². The molecular formula is C27H26ClN7O. The van der Waals surface area contributed by atoms with Crippen LogP contribution in [-0.4, -0.2) is 33.0 Å². The van der Waals surface area contributed by atoms with Crippen LogP contribution < -0.4 is 16.0 Å². The summed E-state index contributed by atoms with van der Waals surface area (Å²) in [5.41, 5.74) is 2.43. The SMILES string of the molecule is [C-]#[N+]c1ccc(CNC(=O)[C@@H](Cc2ccc(Cl)cc2)Nc2cc(-n3cccc3)nc(NCC)n2)cc1. The van der Waals surface area contributed by atoms with Gasteiger partial charge in [0.1, 0.15) is 17.7 Å². The van der Waals surface area contributed by atoms with Gasteiger partial charge in [-0.1, -0.05) is 48.0 Å². The molecule has 0 radical (unpaired) electrons. The van der Waals surface area contributed by atoms with Crippen LogP contribution in [-0.2, 0) is 17.8 Å². The molecule has 0 unspecified atom stereocenters. The highest BCUT2D eigenvalue weighted by atomic mass is 35.5. The molecule has 4 aromatic rings. The first-order chi connectivity index (χ1) is 17.5. The summed E-state index contributed by atoms with van der Waals surface area (Å²) in [5, 5.41) is 10.1. The van der Waals surface area contributed by atoms with E-state index in [0.717, 1.165) is 11.1 Å². The molecule has 0 aliphatic heterocycles. The molecule has 1 amide bonds. The van der Waals surface area contributed by atoms with Crippen molar-refractivity contribution in [1.29, 1.82) is 0 Å². The van der Waals surface area contributed by atoms with E-state index in [1.807, 2.05) is 78.5 Å².